The molecule has 0 spiro atoms. The summed E-state index contributed by atoms with van der Waals surface area (Å²) in [6.07, 6.45) is 0. The van der Waals surface area contributed by atoms with Crippen molar-refractivity contribution in [1.82, 2.24) is 0 Å². The van der Waals surface area contributed by atoms with Crippen LogP contribution < -0.4 is 0 Å². The Morgan fingerprint density at radius 2 is 0.923 bits per heavy atom. The van der Waals surface area contributed by atoms with Crippen molar-refractivity contribution < 1.29 is 10.2 Å². The van der Waals surface area contributed by atoms with E-state index in [-0.39, 0.29) is 11.5 Å². The normalized spacial score (nSPS) is 11.5. The molecule has 0 aliphatic heterocycles. The molecule has 0 saturated heterocycles. The Morgan fingerprint density at radius 3 is 1.31 bits per heavy atom. The first kappa shape index (κ1) is 17.3. The van der Waals surface area contributed by atoms with Gasteiger partial charge < -0.3 is 10.2 Å². The standard InChI is InChI=1S/C20H18N4O2/c1-13-11-15(25)7-9-17(13)21-23-19-5-3-4-6-20(19)24-22-18-10-8-16(26)12-14(18)2/h3-12,25-26H,1-2H3/b23-21+,24-22+. The number of hydrogen-bond acceptors (Lipinski definition) is 6. The van der Waals surface area contributed by atoms with Crippen molar-refractivity contribution in [3.05, 3.63) is 71.8 Å². The highest BCUT2D eigenvalue weighted by Gasteiger charge is 2.03. The lowest BCUT2D eigenvalue weighted by molar-refractivity contribution is 0.474. The van der Waals surface area contributed by atoms with Crippen LogP contribution in [-0.2, 0) is 0 Å². The predicted octanol–water partition coefficient (Wildman–Crippen LogP) is 6.55. The monoisotopic (exact) mass is 346 g/mol. The zero-order chi connectivity index (χ0) is 18.5. The quantitative estimate of drug-likeness (QED) is 0.525. The number of benzene rings is 3. The van der Waals surface area contributed by atoms with Gasteiger partial charge in [0.2, 0.25) is 0 Å². The average Bonchev–Trinajstić information content (AvgIpc) is 2.61. The van der Waals surface area contributed by atoms with E-state index in [1.165, 1.54) is 0 Å². The Morgan fingerprint density at radius 1 is 0.538 bits per heavy atom. The molecule has 0 saturated carbocycles. The van der Waals surface area contributed by atoms with Gasteiger partial charge in [-0.2, -0.15) is 10.2 Å². The summed E-state index contributed by atoms with van der Waals surface area (Å²) in [4.78, 5) is 0. The number of aromatic hydroxyl groups is 2. The highest BCUT2D eigenvalue weighted by Crippen LogP contribution is 2.32. The van der Waals surface area contributed by atoms with E-state index >= 15 is 0 Å². The van der Waals surface area contributed by atoms with Gasteiger partial charge >= 0.3 is 0 Å². The Balaban J connectivity index is 1.88. The van der Waals surface area contributed by atoms with E-state index in [0.29, 0.717) is 22.7 Å². The van der Waals surface area contributed by atoms with Crippen LogP contribution in [0.4, 0.5) is 22.7 Å². The van der Waals surface area contributed by atoms with Crippen LogP contribution >= 0.6 is 0 Å². The highest BCUT2D eigenvalue weighted by atomic mass is 16.3. The minimum absolute atomic E-state index is 0.194. The minimum atomic E-state index is 0.194. The number of rotatable bonds is 4. The van der Waals surface area contributed by atoms with Gasteiger partial charge in [0.05, 0.1) is 11.4 Å². The van der Waals surface area contributed by atoms with Crippen LogP contribution in [0.25, 0.3) is 0 Å². The van der Waals surface area contributed by atoms with Crippen LogP contribution in [0.5, 0.6) is 11.5 Å². The molecule has 0 unspecified atom stereocenters. The molecule has 6 heteroatoms. The zero-order valence-electron chi connectivity index (χ0n) is 14.5. The zero-order valence-corrected chi connectivity index (χ0v) is 14.5. The topological polar surface area (TPSA) is 89.9 Å². The first-order valence-electron chi connectivity index (χ1n) is 8.05. The van der Waals surface area contributed by atoms with Crippen molar-refractivity contribution in [3.8, 4) is 11.5 Å². The fourth-order valence-electron chi connectivity index (χ4n) is 2.35. The minimum Gasteiger partial charge on any atom is -0.508 e. The molecule has 3 rings (SSSR count). The summed E-state index contributed by atoms with van der Waals surface area (Å²) >= 11 is 0. The third kappa shape index (κ3) is 4.10. The van der Waals surface area contributed by atoms with Crippen LogP contribution in [-0.4, -0.2) is 10.2 Å². The maximum atomic E-state index is 9.47. The molecule has 3 aromatic carbocycles. The molecule has 0 aliphatic carbocycles. The fourth-order valence-corrected chi connectivity index (χ4v) is 2.35. The van der Waals surface area contributed by atoms with Crippen LogP contribution in [0.3, 0.4) is 0 Å². The third-order valence-corrected chi connectivity index (χ3v) is 3.77. The van der Waals surface area contributed by atoms with E-state index in [1.54, 1.807) is 48.5 Å². The van der Waals surface area contributed by atoms with Gasteiger partial charge in [-0.05, 0) is 73.5 Å². The molecule has 0 heterocycles. The lowest BCUT2D eigenvalue weighted by Crippen LogP contribution is -1.74. The maximum Gasteiger partial charge on any atom is 0.115 e. The molecule has 0 atom stereocenters. The van der Waals surface area contributed by atoms with Gasteiger partial charge in [-0.3, -0.25) is 0 Å². The van der Waals surface area contributed by atoms with Crippen LogP contribution in [0.1, 0.15) is 11.1 Å². The van der Waals surface area contributed by atoms with E-state index in [1.807, 2.05) is 26.0 Å². The molecule has 0 radical (unpaired) electrons. The van der Waals surface area contributed by atoms with Crippen molar-refractivity contribution in [2.75, 3.05) is 0 Å². The second-order valence-electron chi connectivity index (χ2n) is 5.83. The summed E-state index contributed by atoms with van der Waals surface area (Å²) in [6, 6.07) is 17.1. The van der Waals surface area contributed by atoms with Crippen LogP contribution in [0.2, 0.25) is 0 Å². The molecular weight excluding hydrogens is 328 g/mol. The van der Waals surface area contributed by atoms with Gasteiger partial charge in [0.15, 0.2) is 0 Å². The number of nitrogens with zero attached hydrogens (tertiary/aromatic N) is 4. The Bertz CT molecular complexity index is 916. The van der Waals surface area contributed by atoms with Gasteiger partial charge in [-0.25, -0.2) is 0 Å². The van der Waals surface area contributed by atoms with Gasteiger partial charge in [0.25, 0.3) is 0 Å². The van der Waals surface area contributed by atoms with Gasteiger partial charge in [-0.1, -0.05) is 12.1 Å². The van der Waals surface area contributed by atoms with E-state index in [2.05, 4.69) is 20.5 Å². The van der Waals surface area contributed by atoms with E-state index < -0.39 is 0 Å². The number of phenolic OH excluding ortho intramolecular Hbond substituents is 2. The molecule has 0 aromatic heterocycles. The molecule has 130 valence electrons. The lowest BCUT2D eigenvalue weighted by Gasteiger charge is -2.02. The van der Waals surface area contributed by atoms with Crippen LogP contribution in [0.15, 0.2) is 81.1 Å². The summed E-state index contributed by atoms with van der Waals surface area (Å²) in [6.45, 7) is 3.71. The average molecular weight is 346 g/mol. The first-order valence-corrected chi connectivity index (χ1v) is 8.05. The Kier molecular flexibility index (Phi) is 5.03. The molecule has 0 aliphatic rings. The molecular formula is C20H18N4O2. The maximum absolute atomic E-state index is 9.47. The number of aryl methyl sites for hydroxylation is 2. The fraction of sp³-hybridized carbons (Fsp3) is 0.100. The molecule has 0 bridgehead atoms. The summed E-state index contributed by atoms with van der Waals surface area (Å²) in [5, 5.41) is 36.0. The largest absolute Gasteiger partial charge is 0.508 e. The Labute approximate surface area is 151 Å². The number of hydrogen-bond donors (Lipinski definition) is 2. The summed E-state index contributed by atoms with van der Waals surface area (Å²) < 4.78 is 0. The van der Waals surface area contributed by atoms with Crippen molar-refractivity contribution in [2.24, 2.45) is 20.5 Å². The third-order valence-electron chi connectivity index (χ3n) is 3.77. The molecule has 2 N–H and O–H groups in total. The lowest BCUT2D eigenvalue weighted by atomic mass is 10.2. The smallest absolute Gasteiger partial charge is 0.115 e. The first-order chi connectivity index (χ1) is 12.5. The summed E-state index contributed by atoms with van der Waals surface area (Å²) in [5.41, 5.74) is 4.16. The van der Waals surface area contributed by atoms with Gasteiger partial charge in [0.1, 0.15) is 22.9 Å². The molecule has 0 amide bonds. The number of phenols is 2. The molecule has 3 aromatic rings. The van der Waals surface area contributed by atoms with E-state index in [4.69, 9.17) is 0 Å². The Hall–Kier alpha value is -3.54. The highest BCUT2D eigenvalue weighted by molar-refractivity contribution is 5.61. The van der Waals surface area contributed by atoms with Crippen LogP contribution in [0, 0.1) is 13.8 Å². The van der Waals surface area contributed by atoms with Crippen molar-refractivity contribution in [2.45, 2.75) is 13.8 Å². The molecule has 0 fully saturated rings. The summed E-state index contributed by atoms with van der Waals surface area (Å²) in [7, 11) is 0. The van der Waals surface area contributed by atoms with Gasteiger partial charge in [0, 0.05) is 0 Å². The second-order valence-corrected chi connectivity index (χ2v) is 5.83. The number of azo groups is 2. The van der Waals surface area contributed by atoms with E-state index in [0.717, 1.165) is 11.1 Å². The van der Waals surface area contributed by atoms with Crippen molar-refractivity contribution in [1.29, 1.82) is 0 Å². The molecule has 6 nitrogen and oxygen atoms in total. The van der Waals surface area contributed by atoms with Crippen molar-refractivity contribution >= 4 is 22.7 Å². The predicted molar refractivity (Wildman–Crippen MR) is 100 cm³/mol. The van der Waals surface area contributed by atoms with Gasteiger partial charge in [-0.15, -0.1) is 10.2 Å². The summed E-state index contributed by atoms with van der Waals surface area (Å²) in [5.74, 6) is 0.389. The SMILES string of the molecule is Cc1cc(O)ccc1/N=N/c1ccccc1/N=N/c1ccc(O)cc1C. The van der Waals surface area contributed by atoms with Crippen molar-refractivity contribution in [3.63, 3.8) is 0 Å². The second kappa shape index (κ2) is 7.57. The van der Waals surface area contributed by atoms with E-state index in [9.17, 15) is 10.2 Å². The molecule has 26 heavy (non-hydrogen) atoms.